The highest BCUT2D eigenvalue weighted by Gasteiger charge is 2.17. The molecule has 0 aliphatic carbocycles. The topological polar surface area (TPSA) is 71.3 Å². The highest BCUT2D eigenvalue weighted by atomic mass is 16.5. The van der Waals surface area contributed by atoms with E-state index in [1.165, 1.54) is 0 Å². The van der Waals surface area contributed by atoms with E-state index < -0.39 is 6.10 Å². The van der Waals surface area contributed by atoms with Gasteiger partial charge in [-0.3, -0.25) is 4.79 Å². The molecule has 1 atom stereocenters. The zero-order chi connectivity index (χ0) is 16.7. The molecule has 0 saturated carbocycles. The molecule has 0 bridgehead atoms. The Morgan fingerprint density at radius 2 is 1.83 bits per heavy atom. The summed E-state index contributed by atoms with van der Waals surface area (Å²) < 4.78 is 11.2. The molecule has 0 radical (unpaired) electrons. The second kappa shape index (κ2) is 7.85. The van der Waals surface area contributed by atoms with Gasteiger partial charge < -0.3 is 14.8 Å². The number of nitrogens with one attached hydrogen (secondary N) is 1. The molecule has 2 aromatic carbocycles. The fraction of sp³-hybridized carbons (Fsp3) is 0.222. The van der Waals surface area contributed by atoms with Crippen LogP contribution >= 0.6 is 0 Å². The van der Waals surface area contributed by atoms with Crippen LogP contribution in [0.25, 0.3) is 0 Å². The highest BCUT2D eigenvalue weighted by molar-refractivity contribution is 5.94. The van der Waals surface area contributed by atoms with Crippen LogP contribution in [0.15, 0.2) is 48.5 Å². The van der Waals surface area contributed by atoms with Gasteiger partial charge in [0.1, 0.15) is 0 Å². The van der Waals surface area contributed by atoms with Crippen molar-refractivity contribution >= 4 is 11.6 Å². The van der Waals surface area contributed by atoms with Crippen LogP contribution < -0.4 is 14.8 Å². The van der Waals surface area contributed by atoms with Crippen LogP contribution in [-0.4, -0.2) is 18.6 Å². The molecule has 0 aromatic heterocycles. The average Bonchev–Trinajstić information content (AvgIpc) is 2.57. The number of nitriles is 1. The van der Waals surface area contributed by atoms with Crippen molar-refractivity contribution in [3.05, 3.63) is 54.1 Å². The van der Waals surface area contributed by atoms with E-state index in [4.69, 9.17) is 14.7 Å². The minimum atomic E-state index is -0.688. The van der Waals surface area contributed by atoms with Gasteiger partial charge in [0.05, 0.1) is 18.2 Å². The van der Waals surface area contributed by atoms with E-state index in [2.05, 4.69) is 5.32 Å². The molecule has 0 aliphatic rings. The number of nitrogens with zero attached hydrogens (tertiary/aromatic N) is 1. The number of benzene rings is 2. The Hall–Kier alpha value is -3.00. The van der Waals surface area contributed by atoms with Gasteiger partial charge in [-0.1, -0.05) is 12.1 Å². The molecule has 2 aromatic rings. The molecule has 0 spiro atoms. The van der Waals surface area contributed by atoms with Gasteiger partial charge in [0.25, 0.3) is 5.91 Å². The van der Waals surface area contributed by atoms with Crippen LogP contribution in [0.2, 0.25) is 0 Å². The first-order chi connectivity index (χ1) is 11.1. The lowest BCUT2D eigenvalue weighted by molar-refractivity contribution is -0.122. The maximum absolute atomic E-state index is 12.2. The van der Waals surface area contributed by atoms with E-state index in [0.29, 0.717) is 29.4 Å². The molecule has 118 valence electrons. The van der Waals surface area contributed by atoms with E-state index in [9.17, 15) is 4.79 Å². The minimum absolute atomic E-state index is 0.277. The molecule has 1 amide bonds. The van der Waals surface area contributed by atoms with Crippen molar-refractivity contribution in [2.75, 3.05) is 11.9 Å². The van der Waals surface area contributed by atoms with Crippen molar-refractivity contribution in [2.24, 2.45) is 0 Å². The van der Waals surface area contributed by atoms with Crippen molar-refractivity contribution < 1.29 is 14.3 Å². The number of rotatable bonds is 6. The molecular weight excluding hydrogens is 292 g/mol. The summed E-state index contributed by atoms with van der Waals surface area (Å²) in [6.07, 6.45) is -0.688. The Kier molecular flexibility index (Phi) is 5.59. The normalized spacial score (nSPS) is 11.2. The number of anilines is 1. The summed E-state index contributed by atoms with van der Waals surface area (Å²) in [5.41, 5.74) is 1.15. The second-order valence-electron chi connectivity index (χ2n) is 4.82. The fourth-order valence-electron chi connectivity index (χ4n) is 1.94. The van der Waals surface area contributed by atoms with E-state index in [1.807, 2.05) is 25.1 Å². The summed E-state index contributed by atoms with van der Waals surface area (Å²) in [5.74, 6) is 0.853. The van der Waals surface area contributed by atoms with Crippen LogP contribution in [0.4, 0.5) is 5.69 Å². The number of amides is 1. The van der Waals surface area contributed by atoms with Crippen molar-refractivity contribution in [3.63, 3.8) is 0 Å². The van der Waals surface area contributed by atoms with Crippen molar-refractivity contribution in [1.29, 1.82) is 5.26 Å². The molecule has 1 N–H and O–H groups in total. The summed E-state index contributed by atoms with van der Waals surface area (Å²) >= 11 is 0. The van der Waals surface area contributed by atoms with Crippen LogP contribution in [0.1, 0.15) is 19.4 Å². The Morgan fingerprint density at radius 3 is 2.43 bits per heavy atom. The average molecular weight is 310 g/mol. The van der Waals surface area contributed by atoms with Crippen molar-refractivity contribution in [3.8, 4) is 17.6 Å². The van der Waals surface area contributed by atoms with Gasteiger partial charge in [-0.2, -0.15) is 5.26 Å². The quantitative estimate of drug-likeness (QED) is 0.888. The van der Waals surface area contributed by atoms with Gasteiger partial charge in [0, 0.05) is 5.69 Å². The standard InChI is InChI=1S/C18H18N2O3/c1-3-22-16-6-4-5-7-17(16)23-13(2)18(21)20-15-10-8-14(12-19)9-11-15/h4-11,13H,3H2,1-2H3,(H,20,21)/t13-/m0/s1. The van der Waals surface area contributed by atoms with E-state index >= 15 is 0 Å². The fourth-order valence-corrected chi connectivity index (χ4v) is 1.94. The molecule has 5 heteroatoms. The SMILES string of the molecule is CCOc1ccccc1O[C@@H](C)C(=O)Nc1ccc(C#N)cc1. The van der Waals surface area contributed by atoms with E-state index in [0.717, 1.165) is 0 Å². The molecule has 0 saturated heterocycles. The summed E-state index contributed by atoms with van der Waals surface area (Å²) in [6, 6.07) is 15.9. The number of carbonyl (C=O) groups excluding carboxylic acids is 1. The Labute approximate surface area is 135 Å². The Balaban J connectivity index is 2.01. The molecule has 5 nitrogen and oxygen atoms in total. The zero-order valence-corrected chi connectivity index (χ0v) is 13.1. The van der Waals surface area contributed by atoms with Crippen molar-refractivity contribution in [2.45, 2.75) is 20.0 Å². The van der Waals surface area contributed by atoms with Gasteiger partial charge in [-0.05, 0) is 50.2 Å². The number of hydrogen-bond donors (Lipinski definition) is 1. The van der Waals surface area contributed by atoms with Gasteiger partial charge in [0.15, 0.2) is 17.6 Å². The third-order valence-electron chi connectivity index (χ3n) is 3.10. The van der Waals surface area contributed by atoms with Gasteiger partial charge in [-0.15, -0.1) is 0 Å². The first-order valence-corrected chi connectivity index (χ1v) is 7.33. The predicted molar refractivity (Wildman–Crippen MR) is 87.5 cm³/mol. The van der Waals surface area contributed by atoms with E-state index in [1.54, 1.807) is 43.3 Å². The van der Waals surface area contributed by atoms with Gasteiger partial charge in [0.2, 0.25) is 0 Å². The minimum Gasteiger partial charge on any atom is -0.490 e. The summed E-state index contributed by atoms with van der Waals surface area (Å²) in [6.45, 7) is 4.08. The van der Waals surface area contributed by atoms with Crippen molar-refractivity contribution in [1.82, 2.24) is 0 Å². The first kappa shape index (κ1) is 16.4. The third kappa shape index (κ3) is 4.48. The lowest BCUT2D eigenvalue weighted by Crippen LogP contribution is -2.30. The largest absolute Gasteiger partial charge is 0.490 e. The number of para-hydroxylation sites is 2. The Bertz CT molecular complexity index is 705. The third-order valence-corrected chi connectivity index (χ3v) is 3.10. The molecule has 0 aliphatic heterocycles. The van der Waals surface area contributed by atoms with Gasteiger partial charge >= 0.3 is 0 Å². The number of ether oxygens (including phenoxy) is 2. The van der Waals surface area contributed by atoms with Crippen LogP contribution in [-0.2, 0) is 4.79 Å². The van der Waals surface area contributed by atoms with Crippen LogP contribution in [0.3, 0.4) is 0 Å². The zero-order valence-electron chi connectivity index (χ0n) is 13.1. The van der Waals surface area contributed by atoms with Gasteiger partial charge in [-0.25, -0.2) is 0 Å². The van der Waals surface area contributed by atoms with Crippen LogP contribution in [0.5, 0.6) is 11.5 Å². The summed E-state index contributed by atoms with van der Waals surface area (Å²) in [4.78, 5) is 12.2. The summed E-state index contributed by atoms with van der Waals surface area (Å²) in [7, 11) is 0. The van der Waals surface area contributed by atoms with E-state index in [-0.39, 0.29) is 5.91 Å². The van der Waals surface area contributed by atoms with Crippen LogP contribution in [0, 0.1) is 11.3 Å². The number of carbonyl (C=O) groups is 1. The predicted octanol–water partition coefficient (Wildman–Crippen LogP) is 3.36. The molecule has 0 unspecified atom stereocenters. The monoisotopic (exact) mass is 310 g/mol. The highest BCUT2D eigenvalue weighted by Crippen LogP contribution is 2.27. The smallest absolute Gasteiger partial charge is 0.265 e. The molecule has 2 rings (SSSR count). The Morgan fingerprint density at radius 1 is 1.17 bits per heavy atom. The molecule has 23 heavy (non-hydrogen) atoms. The molecule has 0 heterocycles. The second-order valence-corrected chi connectivity index (χ2v) is 4.82. The summed E-state index contributed by atoms with van der Waals surface area (Å²) in [5, 5.41) is 11.5. The first-order valence-electron chi connectivity index (χ1n) is 7.33. The lowest BCUT2D eigenvalue weighted by atomic mass is 10.2. The molecular formula is C18H18N2O3. The maximum Gasteiger partial charge on any atom is 0.265 e. The maximum atomic E-state index is 12.2. The number of hydrogen-bond acceptors (Lipinski definition) is 4. The lowest BCUT2D eigenvalue weighted by Gasteiger charge is -2.17. The molecule has 0 fully saturated rings.